The van der Waals surface area contributed by atoms with Gasteiger partial charge in [0.05, 0.1) is 0 Å². The molecule has 0 aliphatic heterocycles. The van der Waals surface area contributed by atoms with Gasteiger partial charge in [0, 0.05) is 12.0 Å². The first-order valence-electron chi connectivity index (χ1n) is 9.34. The summed E-state index contributed by atoms with van der Waals surface area (Å²) in [7, 11) is 0. The van der Waals surface area contributed by atoms with Crippen LogP contribution in [0.5, 0.6) is 5.75 Å². The fourth-order valence-corrected chi connectivity index (χ4v) is 3.03. The Kier molecular flexibility index (Phi) is 8.98. The van der Waals surface area contributed by atoms with Crippen LogP contribution in [0.15, 0.2) is 12.1 Å². The lowest BCUT2D eigenvalue weighted by molar-refractivity contribution is 0.0978. The van der Waals surface area contributed by atoms with E-state index in [0.717, 1.165) is 29.5 Å². The van der Waals surface area contributed by atoms with Gasteiger partial charge in [0.25, 0.3) is 0 Å². The Bertz CT molecular complexity index is 489. The zero-order valence-corrected chi connectivity index (χ0v) is 15.5. The summed E-state index contributed by atoms with van der Waals surface area (Å²) in [6, 6.07) is 3.62. The molecule has 0 atom stereocenters. The van der Waals surface area contributed by atoms with Gasteiger partial charge in [-0.25, -0.2) is 0 Å². The molecule has 0 fully saturated rings. The van der Waals surface area contributed by atoms with Gasteiger partial charge in [0.1, 0.15) is 5.75 Å². The molecular weight excluding hydrogens is 284 g/mol. The zero-order valence-electron chi connectivity index (χ0n) is 15.5. The summed E-state index contributed by atoms with van der Waals surface area (Å²) in [6.07, 6.45) is 10.6. The molecule has 0 saturated carbocycles. The smallest absolute Gasteiger partial charge is 0.163 e. The normalized spacial score (nSPS) is 11.2. The highest BCUT2D eigenvalue weighted by molar-refractivity contribution is 5.97. The van der Waals surface area contributed by atoms with Crippen LogP contribution >= 0.6 is 0 Å². The number of aromatic hydroxyl groups is 1. The minimum atomic E-state index is 0.218. The van der Waals surface area contributed by atoms with Gasteiger partial charge in [-0.1, -0.05) is 65.7 Å². The molecule has 0 saturated heterocycles. The Morgan fingerprint density at radius 1 is 1.00 bits per heavy atom. The van der Waals surface area contributed by atoms with Crippen LogP contribution in [0.25, 0.3) is 0 Å². The molecule has 2 heteroatoms. The third-order valence-electron chi connectivity index (χ3n) is 4.55. The lowest BCUT2D eigenvalue weighted by Crippen LogP contribution is -2.04. The molecule has 2 nitrogen and oxygen atoms in total. The standard InChI is InChI=1S/C21H34O2/c1-5-6-7-8-9-10-11-12-13-20(22)19-15-18(16(2)3)21(23)14-17(19)4/h14-16,23H,5-13H2,1-4H3. The van der Waals surface area contributed by atoms with Crippen molar-refractivity contribution < 1.29 is 9.90 Å². The van der Waals surface area contributed by atoms with Gasteiger partial charge in [-0.05, 0) is 42.5 Å². The number of phenols is 1. The van der Waals surface area contributed by atoms with Gasteiger partial charge < -0.3 is 5.11 Å². The Labute approximate surface area is 142 Å². The van der Waals surface area contributed by atoms with Crippen LogP contribution in [0.2, 0.25) is 0 Å². The first kappa shape index (κ1) is 19.7. The number of phenolic OH excluding ortho intramolecular Hbond substituents is 1. The summed E-state index contributed by atoms with van der Waals surface area (Å²) in [5.41, 5.74) is 2.54. The van der Waals surface area contributed by atoms with E-state index in [1.165, 1.54) is 38.5 Å². The molecule has 1 aromatic carbocycles. The van der Waals surface area contributed by atoms with Gasteiger partial charge in [-0.2, -0.15) is 0 Å². The van der Waals surface area contributed by atoms with Crippen molar-refractivity contribution in [3.05, 3.63) is 28.8 Å². The third kappa shape index (κ3) is 6.76. The summed E-state index contributed by atoms with van der Waals surface area (Å²) in [6.45, 7) is 8.22. The molecular formula is C21H34O2. The topological polar surface area (TPSA) is 37.3 Å². The Morgan fingerprint density at radius 2 is 1.57 bits per heavy atom. The number of aryl methyl sites for hydroxylation is 1. The molecule has 0 aromatic heterocycles. The minimum absolute atomic E-state index is 0.218. The summed E-state index contributed by atoms with van der Waals surface area (Å²) in [5, 5.41) is 9.99. The summed E-state index contributed by atoms with van der Waals surface area (Å²) >= 11 is 0. The first-order chi connectivity index (χ1) is 11.0. The molecule has 0 spiro atoms. The van der Waals surface area contributed by atoms with Crippen LogP contribution < -0.4 is 0 Å². The number of carbonyl (C=O) groups is 1. The molecule has 1 N–H and O–H groups in total. The number of carbonyl (C=O) groups excluding carboxylic acids is 1. The molecule has 0 aliphatic carbocycles. The van der Waals surface area contributed by atoms with E-state index < -0.39 is 0 Å². The fourth-order valence-electron chi connectivity index (χ4n) is 3.03. The van der Waals surface area contributed by atoms with Crippen molar-refractivity contribution >= 4 is 5.78 Å². The van der Waals surface area contributed by atoms with Crippen molar-refractivity contribution in [1.29, 1.82) is 0 Å². The van der Waals surface area contributed by atoms with Crippen LogP contribution in [-0.4, -0.2) is 10.9 Å². The van der Waals surface area contributed by atoms with E-state index in [2.05, 4.69) is 6.92 Å². The predicted octanol–water partition coefficient (Wildman–Crippen LogP) is 6.54. The summed E-state index contributed by atoms with van der Waals surface area (Å²) < 4.78 is 0. The molecule has 1 aromatic rings. The highest BCUT2D eigenvalue weighted by Crippen LogP contribution is 2.29. The van der Waals surface area contributed by atoms with E-state index in [9.17, 15) is 9.90 Å². The molecule has 23 heavy (non-hydrogen) atoms. The second-order valence-electron chi connectivity index (χ2n) is 7.03. The zero-order chi connectivity index (χ0) is 17.2. The maximum atomic E-state index is 12.4. The molecule has 130 valence electrons. The molecule has 0 aliphatic rings. The van der Waals surface area contributed by atoms with E-state index in [4.69, 9.17) is 0 Å². The Morgan fingerprint density at radius 3 is 2.13 bits per heavy atom. The molecule has 0 unspecified atom stereocenters. The minimum Gasteiger partial charge on any atom is -0.508 e. The van der Waals surface area contributed by atoms with Crippen molar-refractivity contribution in [2.24, 2.45) is 0 Å². The van der Waals surface area contributed by atoms with Crippen molar-refractivity contribution in [2.45, 2.75) is 91.4 Å². The highest BCUT2D eigenvalue weighted by Gasteiger charge is 2.14. The number of hydrogen-bond donors (Lipinski definition) is 1. The quantitative estimate of drug-likeness (QED) is 0.371. The molecule has 1 rings (SSSR count). The fraction of sp³-hybridized carbons (Fsp3) is 0.667. The Hall–Kier alpha value is -1.31. The molecule has 0 radical (unpaired) electrons. The SMILES string of the molecule is CCCCCCCCCCC(=O)c1cc(C(C)C)c(O)cc1C. The number of benzene rings is 1. The van der Waals surface area contributed by atoms with E-state index in [1.54, 1.807) is 6.07 Å². The van der Waals surface area contributed by atoms with E-state index in [0.29, 0.717) is 12.2 Å². The van der Waals surface area contributed by atoms with Gasteiger partial charge >= 0.3 is 0 Å². The van der Waals surface area contributed by atoms with E-state index >= 15 is 0 Å². The van der Waals surface area contributed by atoms with Crippen molar-refractivity contribution in [1.82, 2.24) is 0 Å². The van der Waals surface area contributed by atoms with Gasteiger partial charge in [-0.15, -0.1) is 0 Å². The number of hydrogen-bond acceptors (Lipinski definition) is 2. The Balaban J connectivity index is 2.42. The van der Waals surface area contributed by atoms with Gasteiger partial charge in [-0.3, -0.25) is 4.79 Å². The first-order valence-corrected chi connectivity index (χ1v) is 9.34. The number of Topliss-reactive ketones (excluding diaryl/α,β-unsaturated/α-hetero) is 1. The molecule has 0 amide bonds. The lowest BCUT2D eigenvalue weighted by Gasteiger charge is -2.13. The van der Waals surface area contributed by atoms with Crippen LogP contribution in [0.3, 0.4) is 0 Å². The number of ketones is 1. The predicted molar refractivity (Wildman–Crippen MR) is 98.5 cm³/mol. The number of rotatable bonds is 11. The largest absolute Gasteiger partial charge is 0.508 e. The van der Waals surface area contributed by atoms with Crippen LogP contribution in [-0.2, 0) is 0 Å². The molecule has 0 bridgehead atoms. The van der Waals surface area contributed by atoms with Crippen molar-refractivity contribution in [3.8, 4) is 5.75 Å². The second kappa shape index (κ2) is 10.5. The van der Waals surface area contributed by atoms with Gasteiger partial charge in [0.15, 0.2) is 5.78 Å². The van der Waals surface area contributed by atoms with E-state index in [-0.39, 0.29) is 11.7 Å². The van der Waals surface area contributed by atoms with Gasteiger partial charge in [0.2, 0.25) is 0 Å². The van der Waals surface area contributed by atoms with Crippen LogP contribution in [0, 0.1) is 6.92 Å². The van der Waals surface area contributed by atoms with Crippen molar-refractivity contribution in [2.75, 3.05) is 0 Å². The maximum Gasteiger partial charge on any atom is 0.163 e. The molecule has 0 heterocycles. The second-order valence-corrected chi connectivity index (χ2v) is 7.03. The average Bonchev–Trinajstić information content (AvgIpc) is 2.49. The third-order valence-corrected chi connectivity index (χ3v) is 4.55. The van der Waals surface area contributed by atoms with Crippen molar-refractivity contribution in [3.63, 3.8) is 0 Å². The van der Waals surface area contributed by atoms with Crippen LogP contribution in [0.4, 0.5) is 0 Å². The van der Waals surface area contributed by atoms with Crippen LogP contribution in [0.1, 0.15) is 106 Å². The lowest BCUT2D eigenvalue weighted by atomic mass is 9.93. The highest BCUT2D eigenvalue weighted by atomic mass is 16.3. The maximum absolute atomic E-state index is 12.4. The average molecular weight is 319 g/mol. The number of unbranched alkanes of at least 4 members (excludes halogenated alkanes) is 7. The van der Waals surface area contributed by atoms with E-state index in [1.807, 2.05) is 26.8 Å². The summed E-state index contributed by atoms with van der Waals surface area (Å²) in [4.78, 5) is 12.4. The monoisotopic (exact) mass is 318 g/mol. The summed E-state index contributed by atoms with van der Waals surface area (Å²) in [5.74, 6) is 0.752.